The highest BCUT2D eigenvalue weighted by Crippen LogP contribution is 2.08. The van der Waals surface area contributed by atoms with Crippen LogP contribution >= 0.6 is 0 Å². The van der Waals surface area contributed by atoms with Crippen LogP contribution in [0.1, 0.15) is 12.0 Å². The van der Waals surface area contributed by atoms with Gasteiger partial charge in [0.2, 0.25) is 0 Å². The summed E-state index contributed by atoms with van der Waals surface area (Å²) in [5.41, 5.74) is 0.718. The number of nitrogens with one attached hydrogen (secondary N) is 1. The van der Waals surface area contributed by atoms with Crippen LogP contribution in [0.3, 0.4) is 0 Å². The molecule has 0 aromatic heterocycles. The van der Waals surface area contributed by atoms with Gasteiger partial charge in [-0.25, -0.2) is 8.78 Å². The van der Waals surface area contributed by atoms with Crippen molar-refractivity contribution < 1.29 is 13.5 Å². The first-order chi connectivity index (χ1) is 8.24. The van der Waals surface area contributed by atoms with Crippen molar-refractivity contribution in [1.82, 2.24) is 5.32 Å². The molecule has 0 fully saturated rings. The van der Waals surface area contributed by atoms with Gasteiger partial charge in [-0.15, -0.1) is 6.58 Å². The van der Waals surface area contributed by atoms with E-state index in [4.69, 9.17) is 4.74 Å². The first-order valence-corrected chi connectivity index (χ1v) is 5.57. The first-order valence-electron chi connectivity index (χ1n) is 5.57. The van der Waals surface area contributed by atoms with Crippen molar-refractivity contribution in [2.45, 2.75) is 13.0 Å². The van der Waals surface area contributed by atoms with Gasteiger partial charge < -0.3 is 10.1 Å². The molecule has 0 spiro atoms. The van der Waals surface area contributed by atoms with Gasteiger partial charge in [-0.2, -0.15) is 0 Å². The standard InChI is InChI=1S/C13H17F2NO/c1-2-3-7-17-8-6-16-10-11-4-5-12(14)13(15)9-11/h2,4-5,9,16H,1,3,6-8,10H2. The van der Waals surface area contributed by atoms with Gasteiger partial charge in [0.05, 0.1) is 13.2 Å². The Morgan fingerprint density at radius 2 is 2.06 bits per heavy atom. The molecule has 4 heteroatoms. The van der Waals surface area contributed by atoms with Gasteiger partial charge in [0.25, 0.3) is 0 Å². The summed E-state index contributed by atoms with van der Waals surface area (Å²) in [4.78, 5) is 0. The Labute approximate surface area is 100 Å². The summed E-state index contributed by atoms with van der Waals surface area (Å²) in [5.74, 6) is -1.63. The van der Waals surface area contributed by atoms with Gasteiger partial charge in [0.15, 0.2) is 11.6 Å². The second kappa shape index (κ2) is 7.92. The molecular formula is C13H17F2NO. The summed E-state index contributed by atoms with van der Waals surface area (Å²) in [6, 6.07) is 3.89. The van der Waals surface area contributed by atoms with Gasteiger partial charge in [0.1, 0.15) is 0 Å². The molecule has 0 aliphatic rings. The van der Waals surface area contributed by atoms with Crippen LogP contribution in [0, 0.1) is 11.6 Å². The molecule has 0 aliphatic heterocycles. The fourth-order valence-electron chi connectivity index (χ4n) is 1.30. The third kappa shape index (κ3) is 5.56. The lowest BCUT2D eigenvalue weighted by Gasteiger charge is -2.06. The van der Waals surface area contributed by atoms with Crippen LogP contribution in [-0.2, 0) is 11.3 Å². The predicted molar refractivity (Wildman–Crippen MR) is 63.7 cm³/mol. The summed E-state index contributed by atoms with van der Waals surface area (Å²) in [6.45, 7) is 6.02. The lowest BCUT2D eigenvalue weighted by Crippen LogP contribution is -2.19. The largest absolute Gasteiger partial charge is 0.380 e. The van der Waals surface area contributed by atoms with Gasteiger partial charge in [-0.3, -0.25) is 0 Å². The molecule has 2 nitrogen and oxygen atoms in total. The van der Waals surface area contributed by atoms with E-state index in [1.54, 1.807) is 12.1 Å². The number of halogens is 2. The average molecular weight is 241 g/mol. The van der Waals surface area contributed by atoms with Crippen molar-refractivity contribution in [3.05, 3.63) is 48.1 Å². The molecule has 0 heterocycles. The Morgan fingerprint density at radius 1 is 1.24 bits per heavy atom. The Hall–Kier alpha value is -1.26. The molecule has 1 aromatic rings. The number of benzene rings is 1. The maximum absolute atomic E-state index is 12.9. The van der Waals surface area contributed by atoms with E-state index in [0.717, 1.165) is 18.1 Å². The molecular weight excluding hydrogens is 224 g/mol. The summed E-state index contributed by atoms with van der Waals surface area (Å²) in [7, 11) is 0. The van der Waals surface area contributed by atoms with E-state index >= 15 is 0 Å². The normalized spacial score (nSPS) is 10.5. The van der Waals surface area contributed by atoms with Crippen molar-refractivity contribution in [2.75, 3.05) is 19.8 Å². The van der Waals surface area contributed by atoms with E-state index in [1.165, 1.54) is 6.07 Å². The average Bonchev–Trinajstić information content (AvgIpc) is 2.32. The zero-order valence-electron chi connectivity index (χ0n) is 9.72. The van der Waals surface area contributed by atoms with E-state index < -0.39 is 11.6 Å². The highest BCUT2D eigenvalue weighted by molar-refractivity contribution is 5.17. The maximum Gasteiger partial charge on any atom is 0.159 e. The van der Waals surface area contributed by atoms with Gasteiger partial charge in [0, 0.05) is 13.1 Å². The van der Waals surface area contributed by atoms with Crippen LogP contribution < -0.4 is 5.32 Å². The Morgan fingerprint density at radius 3 is 2.76 bits per heavy atom. The number of hydrogen-bond acceptors (Lipinski definition) is 2. The minimum atomic E-state index is -0.818. The third-order valence-electron chi connectivity index (χ3n) is 2.20. The Bertz CT molecular complexity index is 355. The van der Waals surface area contributed by atoms with Crippen LogP contribution in [0.4, 0.5) is 8.78 Å². The van der Waals surface area contributed by atoms with Gasteiger partial charge in [-0.1, -0.05) is 12.1 Å². The van der Waals surface area contributed by atoms with E-state index in [0.29, 0.717) is 26.3 Å². The minimum Gasteiger partial charge on any atom is -0.380 e. The first kappa shape index (κ1) is 13.8. The molecule has 1 rings (SSSR count). The SMILES string of the molecule is C=CCCOCCNCc1ccc(F)c(F)c1. The molecule has 0 bridgehead atoms. The van der Waals surface area contributed by atoms with Crippen LogP contribution in [0.25, 0.3) is 0 Å². The van der Waals surface area contributed by atoms with Crippen LogP contribution in [0.15, 0.2) is 30.9 Å². The number of rotatable bonds is 8. The van der Waals surface area contributed by atoms with Gasteiger partial charge >= 0.3 is 0 Å². The Balaban J connectivity index is 2.13. The fraction of sp³-hybridized carbons (Fsp3) is 0.385. The van der Waals surface area contributed by atoms with Crippen LogP contribution in [0.5, 0.6) is 0 Å². The molecule has 0 atom stereocenters. The molecule has 0 unspecified atom stereocenters. The summed E-state index contributed by atoms with van der Waals surface area (Å²) < 4.78 is 30.8. The fourth-order valence-corrected chi connectivity index (χ4v) is 1.30. The molecule has 1 N–H and O–H groups in total. The minimum absolute atomic E-state index is 0.502. The van der Waals surface area contributed by atoms with E-state index in [2.05, 4.69) is 11.9 Å². The second-order valence-electron chi connectivity index (χ2n) is 3.61. The van der Waals surface area contributed by atoms with Crippen LogP contribution in [-0.4, -0.2) is 19.8 Å². The Kier molecular flexibility index (Phi) is 6.43. The van der Waals surface area contributed by atoms with Gasteiger partial charge in [-0.05, 0) is 24.1 Å². The summed E-state index contributed by atoms with van der Waals surface area (Å²) >= 11 is 0. The summed E-state index contributed by atoms with van der Waals surface area (Å²) in [6.07, 6.45) is 2.64. The summed E-state index contributed by atoms with van der Waals surface area (Å²) in [5, 5.41) is 3.09. The number of ether oxygens (including phenoxy) is 1. The van der Waals surface area contributed by atoms with E-state index in [1.807, 2.05) is 0 Å². The van der Waals surface area contributed by atoms with Crippen molar-refractivity contribution >= 4 is 0 Å². The third-order valence-corrected chi connectivity index (χ3v) is 2.20. The molecule has 0 radical (unpaired) electrons. The highest BCUT2D eigenvalue weighted by atomic mass is 19.2. The van der Waals surface area contributed by atoms with Crippen LogP contribution in [0.2, 0.25) is 0 Å². The maximum atomic E-state index is 12.9. The smallest absolute Gasteiger partial charge is 0.159 e. The molecule has 1 aromatic carbocycles. The monoisotopic (exact) mass is 241 g/mol. The highest BCUT2D eigenvalue weighted by Gasteiger charge is 2.01. The second-order valence-corrected chi connectivity index (χ2v) is 3.61. The quantitative estimate of drug-likeness (QED) is 0.558. The molecule has 0 saturated heterocycles. The van der Waals surface area contributed by atoms with Crippen molar-refractivity contribution in [1.29, 1.82) is 0 Å². The zero-order chi connectivity index (χ0) is 12.5. The lowest BCUT2D eigenvalue weighted by molar-refractivity contribution is 0.140. The van der Waals surface area contributed by atoms with E-state index in [9.17, 15) is 8.78 Å². The van der Waals surface area contributed by atoms with E-state index in [-0.39, 0.29) is 0 Å². The number of hydrogen-bond donors (Lipinski definition) is 1. The van der Waals surface area contributed by atoms with Crippen molar-refractivity contribution in [2.24, 2.45) is 0 Å². The zero-order valence-corrected chi connectivity index (χ0v) is 9.72. The molecule has 0 saturated carbocycles. The molecule has 17 heavy (non-hydrogen) atoms. The van der Waals surface area contributed by atoms with Crippen molar-refractivity contribution in [3.8, 4) is 0 Å². The lowest BCUT2D eigenvalue weighted by atomic mass is 10.2. The topological polar surface area (TPSA) is 21.3 Å². The molecule has 0 aliphatic carbocycles. The molecule has 0 amide bonds. The van der Waals surface area contributed by atoms with Crippen molar-refractivity contribution in [3.63, 3.8) is 0 Å². The predicted octanol–water partition coefficient (Wildman–Crippen LogP) is 2.65. The molecule has 94 valence electrons.